The quantitative estimate of drug-likeness (QED) is 0.620. The average molecular weight is 379 g/mol. The van der Waals surface area contributed by atoms with Crippen LogP contribution in [0.4, 0.5) is 0 Å². The van der Waals surface area contributed by atoms with Crippen LogP contribution in [0.3, 0.4) is 0 Å². The van der Waals surface area contributed by atoms with Gasteiger partial charge < -0.3 is 15.1 Å². The maximum absolute atomic E-state index is 12.0. The lowest BCUT2D eigenvalue weighted by atomic mass is 10.1. The molecule has 1 heterocycles. The highest BCUT2D eigenvalue weighted by Crippen LogP contribution is 2.17. The largest absolute Gasteiger partial charge is 0.352 e. The summed E-state index contributed by atoms with van der Waals surface area (Å²) in [6.45, 7) is 5.13. The molecule has 0 aliphatic carbocycles. The van der Waals surface area contributed by atoms with Gasteiger partial charge in [0.25, 0.3) is 0 Å². The van der Waals surface area contributed by atoms with Gasteiger partial charge in [-0.2, -0.15) is 0 Å². The summed E-state index contributed by atoms with van der Waals surface area (Å²) in [5.41, 5.74) is 4.92. The number of likely N-dealkylation sites (tertiary alicyclic amines) is 1. The molecule has 1 aliphatic rings. The third-order valence-electron chi connectivity index (χ3n) is 5.20. The predicted molar refractivity (Wildman–Crippen MR) is 114 cm³/mol. The Morgan fingerprint density at radius 1 is 1.14 bits per heavy atom. The number of benzene rings is 2. The standard InChI is InChI=1S/C23H30N4O/c1-18-10-12-19(13-11-18)16-26(3)23(24-2)25-15-20-7-4-5-8-21(20)17-27-14-6-9-22(27)28/h4-5,7-8,10-13H,6,9,14-17H2,1-3H3,(H,24,25). The number of carbonyl (C=O) groups excluding carboxylic acids is 1. The maximum Gasteiger partial charge on any atom is 0.222 e. The van der Waals surface area contributed by atoms with Gasteiger partial charge in [0.1, 0.15) is 0 Å². The van der Waals surface area contributed by atoms with Crippen LogP contribution in [0.15, 0.2) is 53.5 Å². The molecular weight excluding hydrogens is 348 g/mol. The Morgan fingerprint density at radius 3 is 2.50 bits per heavy atom. The Labute approximate surface area is 168 Å². The molecule has 2 aromatic rings. The molecular formula is C23H30N4O. The van der Waals surface area contributed by atoms with E-state index in [1.165, 1.54) is 22.3 Å². The highest BCUT2D eigenvalue weighted by atomic mass is 16.2. The monoisotopic (exact) mass is 378 g/mol. The van der Waals surface area contributed by atoms with E-state index in [-0.39, 0.29) is 5.91 Å². The van der Waals surface area contributed by atoms with Gasteiger partial charge in [0.2, 0.25) is 5.91 Å². The minimum Gasteiger partial charge on any atom is -0.352 e. The van der Waals surface area contributed by atoms with Crippen molar-refractivity contribution in [3.8, 4) is 0 Å². The summed E-state index contributed by atoms with van der Waals surface area (Å²) >= 11 is 0. The lowest BCUT2D eigenvalue weighted by Gasteiger charge is -2.23. The Hall–Kier alpha value is -2.82. The molecule has 0 aromatic heterocycles. The summed E-state index contributed by atoms with van der Waals surface area (Å²) in [5, 5.41) is 3.47. The molecule has 0 atom stereocenters. The Morgan fingerprint density at radius 2 is 1.86 bits per heavy atom. The molecule has 1 aliphatic heterocycles. The maximum atomic E-state index is 12.0. The highest BCUT2D eigenvalue weighted by molar-refractivity contribution is 5.79. The number of guanidine groups is 1. The van der Waals surface area contributed by atoms with Crippen molar-refractivity contribution in [2.24, 2.45) is 4.99 Å². The molecule has 3 rings (SSSR count). The summed E-state index contributed by atoms with van der Waals surface area (Å²) in [6, 6.07) is 16.9. The van der Waals surface area contributed by atoms with E-state index in [9.17, 15) is 4.79 Å². The number of rotatable bonds is 6. The topological polar surface area (TPSA) is 47.9 Å². The second kappa shape index (κ2) is 9.40. The van der Waals surface area contributed by atoms with Crippen molar-refractivity contribution in [2.45, 2.75) is 39.4 Å². The molecule has 0 bridgehead atoms. The van der Waals surface area contributed by atoms with Crippen LogP contribution >= 0.6 is 0 Å². The fraction of sp³-hybridized carbons (Fsp3) is 0.391. The smallest absolute Gasteiger partial charge is 0.222 e. The normalized spacial score (nSPS) is 14.5. The Kier molecular flexibility index (Phi) is 6.69. The van der Waals surface area contributed by atoms with Crippen LogP contribution in [0.5, 0.6) is 0 Å². The summed E-state index contributed by atoms with van der Waals surface area (Å²) in [6.07, 6.45) is 1.65. The number of nitrogens with zero attached hydrogens (tertiary/aromatic N) is 3. The third kappa shape index (κ3) is 5.12. The molecule has 0 radical (unpaired) electrons. The van der Waals surface area contributed by atoms with Crippen LogP contribution in [0, 0.1) is 6.92 Å². The predicted octanol–water partition coefficient (Wildman–Crippen LogP) is 3.32. The van der Waals surface area contributed by atoms with Crippen LogP contribution in [0.2, 0.25) is 0 Å². The molecule has 1 N–H and O–H groups in total. The summed E-state index contributed by atoms with van der Waals surface area (Å²) < 4.78 is 0. The average Bonchev–Trinajstić information content (AvgIpc) is 3.10. The number of aliphatic imine (C=N–C) groups is 1. The molecule has 5 heteroatoms. The first-order valence-electron chi connectivity index (χ1n) is 9.88. The molecule has 28 heavy (non-hydrogen) atoms. The van der Waals surface area contributed by atoms with Crippen LogP contribution in [-0.4, -0.2) is 42.3 Å². The van der Waals surface area contributed by atoms with Crippen molar-refractivity contribution < 1.29 is 4.79 Å². The van der Waals surface area contributed by atoms with E-state index >= 15 is 0 Å². The first-order chi connectivity index (χ1) is 13.6. The van der Waals surface area contributed by atoms with Gasteiger partial charge in [-0.3, -0.25) is 9.79 Å². The fourth-order valence-electron chi connectivity index (χ4n) is 3.56. The number of hydrogen-bond acceptors (Lipinski definition) is 2. The number of carbonyl (C=O) groups is 1. The molecule has 1 fully saturated rings. The zero-order chi connectivity index (χ0) is 19.9. The molecule has 1 amide bonds. The zero-order valence-corrected chi connectivity index (χ0v) is 17.1. The second-order valence-electron chi connectivity index (χ2n) is 7.43. The van der Waals surface area contributed by atoms with Gasteiger partial charge in [-0.1, -0.05) is 54.1 Å². The number of aryl methyl sites for hydroxylation is 1. The lowest BCUT2D eigenvalue weighted by Crippen LogP contribution is -2.38. The molecule has 0 spiro atoms. The third-order valence-corrected chi connectivity index (χ3v) is 5.20. The second-order valence-corrected chi connectivity index (χ2v) is 7.43. The van der Waals surface area contributed by atoms with E-state index in [1.54, 1.807) is 0 Å². The van der Waals surface area contributed by atoms with Crippen LogP contribution in [-0.2, 0) is 24.4 Å². The van der Waals surface area contributed by atoms with E-state index in [2.05, 4.69) is 58.5 Å². The van der Waals surface area contributed by atoms with E-state index in [1.807, 2.05) is 31.1 Å². The summed E-state index contributed by atoms with van der Waals surface area (Å²) in [4.78, 5) is 20.5. The van der Waals surface area contributed by atoms with Gasteiger partial charge in [-0.05, 0) is 30.0 Å². The van der Waals surface area contributed by atoms with E-state index in [0.717, 1.165) is 25.5 Å². The van der Waals surface area contributed by atoms with Gasteiger partial charge in [-0.15, -0.1) is 0 Å². The highest BCUT2D eigenvalue weighted by Gasteiger charge is 2.21. The van der Waals surface area contributed by atoms with Gasteiger partial charge >= 0.3 is 0 Å². The van der Waals surface area contributed by atoms with Crippen molar-refractivity contribution >= 4 is 11.9 Å². The molecule has 148 valence electrons. The van der Waals surface area contributed by atoms with E-state index in [0.29, 0.717) is 19.5 Å². The Bertz CT molecular complexity index is 829. The zero-order valence-electron chi connectivity index (χ0n) is 17.1. The SMILES string of the molecule is CN=C(NCc1ccccc1CN1CCCC1=O)N(C)Cc1ccc(C)cc1. The van der Waals surface area contributed by atoms with Crippen molar-refractivity contribution in [3.05, 3.63) is 70.8 Å². The minimum absolute atomic E-state index is 0.261. The number of amides is 1. The fourth-order valence-corrected chi connectivity index (χ4v) is 3.56. The first kappa shape index (κ1) is 19.9. The van der Waals surface area contributed by atoms with E-state index in [4.69, 9.17) is 0 Å². The van der Waals surface area contributed by atoms with Crippen LogP contribution < -0.4 is 5.32 Å². The van der Waals surface area contributed by atoms with Crippen LogP contribution in [0.1, 0.15) is 35.1 Å². The number of hydrogen-bond donors (Lipinski definition) is 1. The van der Waals surface area contributed by atoms with Gasteiger partial charge in [0.05, 0.1) is 0 Å². The molecule has 0 saturated carbocycles. The Balaban J connectivity index is 1.61. The first-order valence-corrected chi connectivity index (χ1v) is 9.88. The molecule has 1 saturated heterocycles. The molecule has 5 nitrogen and oxygen atoms in total. The van der Waals surface area contributed by atoms with Crippen molar-refractivity contribution in [1.82, 2.24) is 15.1 Å². The van der Waals surface area contributed by atoms with Crippen LogP contribution in [0.25, 0.3) is 0 Å². The number of nitrogens with one attached hydrogen (secondary N) is 1. The molecule has 0 unspecified atom stereocenters. The van der Waals surface area contributed by atoms with E-state index < -0.39 is 0 Å². The van der Waals surface area contributed by atoms with Gasteiger partial charge in [0.15, 0.2) is 5.96 Å². The molecule has 2 aromatic carbocycles. The minimum atomic E-state index is 0.261. The van der Waals surface area contributed by atoms with Crippen molar-refractivity contribution in [2.75, 3.05) is 20.6 Å². The van der Waals surface area contributed by atoms with Gasteiger partial charge in [0, 0.05) is 46.7 Å². The van der Waals surface area contributed by atoms with Gasteiger partial charge in [-0.25, -0.2) is 0 Å². The van der Waals surface area contributed by atoms with Crippen molar-refractivity contribution in [1.29, 1.82) is 0 Å². The van der Waals surface area contributed by atoms with Crippen molar-refractivity contribution in [3.63, 3.8) is 0 Å². The summed E-state index contributed by atoms with van der Waals surface area (Å²) in [7, 11) is 3.85. The summed E-state index contributed by atoms with van der Waals surface area (Å²) in [5.74, 6) is 1.11. The lowest BCUT2D eigenvalue weighted by molar-refractivity contribution is -0.128.